The maximum absolute atomic E-state index is 12.6. The molecule has 1 saturated heterocycles. The van der Waals surface area contributed by atoms with E-state index in [1.165, 1.54) is 0 Å². The molecule has 1 aliphatic heterocycles. The van der Waals surface area contributed by atoms with Crippen LogP contribution in [0.4, 0.5) is 11.4 Å². The number of amides is 1. The molecule has 2 N–H and O–H groups in total. The summed E-state index contributed by atoms with van der Waals surface area (Å²) in [6.45, 7) is 7.41. The van der Waals surface area contributed by atoms with E-state index < -0.39 is 0 Å². The minimum absolute atomic E-state index is 0.0575. The summed E-state index contributed by atoms with van der Waals surface area (Å²) in [4.78, 5) is 16.5. The number of rotatable bonds is 6. The monoisotopic (exact) mass is 424 g/mol. The van der Waals surface area contributed by atoms with E-state index in [2.05, 4.69) is 17.1 Å². The molecule has 1 heterocycles. The Hall–Kier alpha value is -2.76. The highest BCUT2D eigenvalue weighted by Gasteiger charge is 2.21. The number of benzene rings is 3. The molecule has 0 atom stereocenters. The van der Waals surface area contributed by atoms with E-state index in [0.29, 0.717) is 10.8 Å². The molecular weight excluding hydrogens is 398 g/mol. The molecular formula is C24H27ClN3O2+. The van der Waals surface area contributed by atoms with E-state index in [4.69, 9.17) is 16.3 Å². The van der Waals surface area contributed by atoms with Crippen molar-refractivity contribution in [2.45, 2.75) is 6.92 Å². The predicted octanol–water partition coefficient (Wildman–Crippen LogP) is 3.24. The van der Waals surface area contributed by atoms with Gasteiger partial charge in [-0.3, -0.25) is 4.79 Å². The van der Waals surface area contributed by atoms with Crippen molar-refractivity contribution >= 4 is 39.7 Å². The van der Waals surface area contributed by atoms with Crippen molar-refractivity contribution in [2.24, 2.45) is 0 Å². The van der Waals surface area contributed by atoms with Gasteiger partial charge in [-0.2, -0.15) is 0 Å². The quantitative estimate of drug-likeness (QED) is 0.638. The third-order valence-corrected chi connectivity index (χ3v) is 5.87. The van der Waals surface area contributed by atoms with Crippen molar-refractivity contribution < 1.29 is 14.4 Å². The number of fused-ring (bicyclic) bond motifs is 1. The van der Waals surface area contributed by atoms with Crippen molar-refractivity contribution in [1.29, 1.82) is 0 Å². The minimum atomic E-state index is -0.204. The first-order chi connectivity index (χ1) is 14.6. The molecule has 1 aliphatic rings. The van der Waals surface area contributed by atoms with Gasteiger partial charge >= 0.3 is 0 Å². The van der Waals surface area contributed by atoms with Crippen LogP contribution in [0.5, 0.6) is 5.75 Å². The fourth-order valence-corrected chi connectivity index (χ4v) is 4.07. The fourth-order valence-electron chi connectivity index (χ4n) is 3.89. The van der Waals surface area contributed by atoms with Crippen molar-refractivity contribution in [3.05, 3.63) is 65.7 Å². The molecule has 0 bridgehead atoms. The van der Waals surface area contributed by atoms with E-state index in [9.17, 15) is 4.79 Å². The number of hydrogen-bond acceptors (Lipinski definition) is 3. The van der Waals surface area contributed by atoms with E-state index in [1.54, 1.807) is 4.90 Å². The zero-order valence-corrected chi connectivity index (χ0v) is 17.9. The van der Waals surface area contributed by atoms with E-state index in [0.717, 1.165) is 54.9 Å². The van der Waals surface area contributed by atoms with Crippen molar-refractivity contribution in [3.8, 4) is 5.75 Å². The number of piperazine rings is 1. The van der Waals surface area contributed by atoms with Crippen LogP contribution in [-0.4, -0.2) is 45.2 Å². The zero-order valence-electron chi connectivity index (χ0n) is 17.2. The van der Waals surface area contributed by atoms with Crippen molar-refractivity contribution in [3.63, 3.8) is 0 Å². The largest absolute Gasteiger partial charge is 0.484 e. The smallest absolute Gasteiger partial charge is 0.262 e. The number of ether oxygens (including phenoxy) is 1. The van der Waals surface area contributed by atoms with Crippen LogP contribution in [0.1, 0.15) is 6.92 Å². The summed E-state index contributed by atoms with van der Waals surface area (Å²) in [5.74, 6) is 0.471. The van der Waals surface area contributed by atoms with Gasteiger partial charge < -0.3 is 19.9 Å². The molecule has 0 saturated carbocycles. The van der Waals surface area contributed by atoms with Gasteiger partial charge in [0.05, 0.1) is 44.1 Å². The lowest BCUT2D eigenvalue weighted by Gasteiger charge is -2.34. The van der Waals surface area contributed by atoms with Crippen LogP contribution in [0.15, 0.2) is 60.7 Å². The van der Waals surface area contributed by atoms with Gasteiger partial charge in [-0.25, -0.2) is 0 Å². The molecule has 156 valence electrons. The van der Waals surface area contributed by atoms with Gasteiger partial charge in [0.15, 0.2) is 6.61 Å². The average molecular weight is 425 g/mol. The zero-order chi connectivity index (χ0) is 20.9. The third kappa shape index (κ3) is 4.86. The van der Waals surface area contributed by atoms with Crippen molar-refractivity contribution in [1.82, 2.24) is 0 Å². The normalized spacial score (nSPS) is 14.7. The molecule has 3 aromatic rings. The summed E-state index contributed by atoms with van der Waals surface area (Å²) in [6.07, 6.45) is 0. The number of halogens is 1. The average Bonchev–Trinajstić information content (AvgIpc) is 2.78. The molecule has 0 radical (unpaired) electrons. The number of quaternary nitrogens is 1. The number of likely N-dealkylation sites (N-methyl/N-ethyl adjacent to an activating group) is 1. The molecule has 0 aromatic heterocycles. The highest BCUT2D eigenvalue weighted by atomic mass is 35.5. The maximum Gasteiger partial charge on any atom is 0.262 e. The van der Waals surface area contributed by atoms with Gasteiger partial charge in [-0.15, -0.1) is 0 Å². The Morgan fingerprint density at radius 1 is 1.07 bits per heavy atom. The van der Waals surface area contributed by atoms with E-state index >= 15 is 0 Å². The molecule has 0 spiro atoms. The van der Waals surface area contributed by atoms with Gasteiger partial charge in [-0.1, -0.05) is 41.9 Å². The Labute approximate surface area is 182 Å². The molecule has 6 heteroatoms. The molecule has 1 amide bonds. The lowest BCUT2D eigenvalue weighted by Crippen LogP contribution is -3.14. The summed E-state index contributed by atoms with van der Waals surface area (Å²) < 4.78 is 5.73. The Balaban J connectivity index is 1.41. The highest BCUT2D eigenvalue weighted by molar-refractivity contribution is 6.31. The summed E-state index contributed by atoms with van der Waals surface area (Å²) >= 11 is 6.21. The van der Waals surface area contributed by atoms with Gasteiger partial charge in [0.25, 0.3) is 5.91 Å². The molecule has 1 fully saturated rings. The SMILES string of the molecule is CC[NH+]1CCN(c2ccc(Cl)cc2NC(=O)COc2ccc3ccccc3c2)CC1. The Morgan fingerprint density at radius 3 is 2.60 bits per heavy atom. The number of anilines is 2. The van der Waals surface area contributed by atoms with Crippen LogP contribution in [0, 0.1) is 0 Å². The second-order valence-electron chi connectivity index (χ2n) is 7.60. The standard InChI is InChI=1S/C24H26ClN3O2/c1-2-27-11-13-28(14-12-27)23-10-8-20(25)16-22(23)26-24(29)17-30-21-9-7-18-5-3-4-6-19(18)15-21/h3-10,15-16H,2,11-14,17H2,1H3,(H,26,29)/p+1. The van der Waals surface area contributed by atoms with Crippen LogP contribution in [0.2, 0.25) is 5.02 Å². The first-order valence-corrected chi connectivity index (χ1v) is 10.8. The summed E-state index contributed by atoms with van der Waals surface area (Å²) in [5, 5.41) is 5.81. The van der Waals surface area contributed by atoms with Crippen LogP contribution < -0.4 is 19.9 Å². The number of nitrogens with zero attached hydrogens (tertiary/aromatic N) is 1. The summed E-state index contributed by atoms with van der Waals surface area (Å²) in [5.41, 5.74) is 1.74. The predicted molar refractivity (Wildman–Crippen MR) is 123 cm³/mol. The first-order valence-electron chi connectivity index (χ1n) is 10.4. The molecule has 5 nitrogen and oxygen atoms in total. The molecule has 4 rings (SSSR count). The highest BCUT2D eigenvalue weighted by Crippen LogP contribution is 2.29. The van der Waals surface area contributed by atoms with Crippen LogP contribution in [0.3, 0.4) is 0 Å². The molecule has 3 aromatic carbocycles. The third-order valence-electron chi connectivity index (χ3n) is 5.63. The topological polar surface area (TPSA) is 46.0 Å². The Bertz CT molecular complexity index is 1030. The van der Waals surface area contributed by atoms with Gasteiger partial charge in [-0.05, 0) is 48.0 Å². The van der Waals surface area contributed by atoms with Crippen LogP contribution >= 0.6 is 11.6 Å². The maximum atomic E-state index is 12.6. The number of nitrogens with one attached hydrogen (secondary N) is 2. The Kier molecular flexibility index (Phi) is 6.41. The van der Waals surface area contributed by atoms with E-state index in [1.807, 2.05) is 60.7 Å². The van der Waals surface area contributed by atoms with Crippen molar-refractivity contribution in [2.75, 3.05) is 49.5 Å². The van der Waals surface area contributed by atoms with Gasteiger partial charge in [0.1, 0.15) is 5.75 Å². The number of carbonyl (C=O) groups is 1. The summed E-state index contributed by atoms with van der Waals surface area (Å²) in [7, 11) is 0. The molecule has 0 aliphatic carbocycles. The summed E-state index contributed by atoms with van der Waals surface area (Å²) in [6, 6.07) is 19.6. The second-order valence-corrected chi connectivity index (χ2v) is 8.03. The molecule has 0 unspecified atom stereocenters. The molecule has 30 heavy (non-hydrogen) atoms. The fraction of sp³-hybridized carbons (Fsp3) is 0.292. The van der Waals surface area contributed by atoms with E-state index in [-0.39, 0.29) is 12.5 Å². The van der Waals surface area contributed by atoms with Crippen LogP contribution in [-0.2, 0) is 4.79 Å². The van der Waals surface area contributed by atoms with Gasteiger partial charge in [0.2, 0.25) is 0 Å². The van der Waals surface area contributed by atoms with Gasteiger partial charge in [0, 0.05) is 5.02 Å². The minimum Gasteiger partial charge on any atom is -0.484 e. The second kappa shape index (κ2) is 9.37. The van der Waals surface area contributed by atoms with Crippen LogP contribution in [0.25, 0.3) is 10.8 Å². The number of hydrogen-bond donors (Lipinski definition) is 2. The Morgan fingerprint density at radius 2 is 1.83 bits per heavy atom. The first kappa shape index (κ1) is 20.5. The number of carbonyl (C=O) groups excluding carboxylic acids is 1. The lowest BCUT2D eigenvalue weighted by atomic mass is 10.1. The lowest BCUT2D eigenvalue weighted by molar-refractivity contribution is -0.898.